The zero-order valence-corrected chi connectivity index (χ0v) is 13.2. The lowest BCUT2D eigenvalue weighted by molar-refractivity contribution is -0.176. The summed E-state index contributed by atoms with van der Waals surface area (Å²) in [5, 5.41) is 1.99. The molecule has 1 fully saturated rings. The molecule has 1 aliphatic heterocycles. The van der Waals surface area contributed by atoms with Crippen LogP contribution in [0.3, 0.4) is 0 Å². The van der Waals surface area contributed by atoms with Gasteiger partial charge in [0.05, 0.1) is 6.54 Å². The van der Waals surface area contributed by atoms with Crippen molar-refractivity contribution >= 4 is 11.7 Å². The third-order valence-corrected chi connectivity index (χ3v) is 4.87. The lowest BCUT2D eigenvalue weighted by Gasteiger charge is -2.31. The molecular formula is C17H19F3N2O2. The van der Waals surface area contributed by atoms with Crippen LogP contribution in [0.15, 0.2) is 24.3 Å². The summed E-state index contributed by atoms with van der Waals surface area (Å²) in [6.07, 6.45) is -3.14. The van der Waals surface area contributed by atoms with Crippen LogP contribution < -0.4 is 5.32 Å². The number of hydrogen-bond acceptors (Lipinski definition) is 3. The SMILES string of the molecule is O=C(NC1(C(=O)CN2Cc3ccccc3C2)CCCC1)C(F)(F)F. The van der Waals surface area contributed by atoms with Crippen molar-refractivity contribution in [1.82, 2.24) is 10.2 Å². The smallest absolute Gasteiger partial charge is 0.336 e. The van der Waals surface area contributed by atoms with Crippen molar-refractivity contribution in [2.75, 3.05) is 6.54 Å². The van der Waals surface area contributed by atoms with E-state index >= 15 is 0 Å². The Labute approximate surface area is 138 Å². The highest BCUT2D eigenvalue weighted by Crippen LogP contribution is 2.33. The molecule has 3 rings (SSSR count). The first-order valence-corrected chi connectivity index (χ1v) is 8.02. The van der Waals surface area contributed by atoms with Crippen LogP contribution in [0.2, 0.25) is 0 Å². The van der Waals surface area contributed by atoms with Crippen LogP contribution in [0.25, 0.3) is 0 Å². The van der Waals surface area contributed by atoms with E-state index in [1.165, 1.54) is 0 Å². The molecular weight excluding hydrogens is 321 g/mol. The Balaban J connectivity index is 1.69. The van der Waals surface area contributed by atoms with Gasteiger partial charge < -0.3 is 5.32 Å². The van der Waals surface area contributed by atoms with Gasteiger partial charge in [-0.1, -0.05) is 37.1 Å². The van der Waals surface area contributed by atoms with E-state index in [1.54, 1.807) is 0 Å². The van der Waals surface area contributed by atoms with E-state index in [9.17, 15) is 22.8 Å². The van der Waals surface area contributed by atoms with Gasteiger partial charge in [0.1, 0.15) is 5.54 Å². The van der Waals surface area contributed by atoms with Crippen molar-refractivity contribution in [1.29, 1.82) is 0 Å². The van der Waals surface area contributed by atoms with Crippen LogP contribution in [-0.4, -0.2) is 34.9 Å². The van der Waals surface area contributed by atoms with E-state index in [2.05, 4.69) is 0 Å². The fourth-order valence-electron chi connectivity index (χ4n) is 3.61. The van der Waals surface area contributed by atoms with Gasteiger partial charge >= 0.3 is 12.1 Å². The Bertz CT molecular complexity index is 626. The zero-order chi connectivity index (χ0) is 17.4. The molecule has 0 radical (unpaired) electrons. The molecule has 1 N–H and O–H groups in total. The summed E-state index contributed by atoms with van der Waals surface area (Å²) in [6, 6.07) is 7.81. The maximum absolute atomic E-state index is 12.7. The molecule has 1 aromatic rings. The van der Waals surface area contributed by atoms with E-state index in [0.29, 0.717) is 25.9 Å². The van der Waals surface area contributed by atoms with Gasteiger partial charge in [-0.2, -0.15) is 13.2 Å². The van der Waals surface area contributed by atoms with Crippen molar-refractivity contribution in [2.45, 2.75) is 50.5 Å². The topological polar surface area (TPSA) is 49.4 Å². The minimum absolute atomic E-state index is 0.0484. The fraction of sp³-hybridized carbons (Fsp3) is 0.529. The standard InChI is InChI=1S/C17H19F3N2O2/c18-17(19,20)15(24)21-16(7-3-4-8-16)14(23)11-22-9-12-5-1-2-6-13(12)10-22/h1-2,5-6H,3-4,7-11H2,(H,21,24). The van der Waals surface area contributed by atoms with Crippen molar-refractivity contribution in [3.8, 4) is 0 Å². The third-order valence-electron chi connectivity index (χ3n) is 4.87. The molecule has 2 aliphatic rings. The number of ketones is 1. The first-order chi connectivity index (χ1) is 11.3. The van der Waals surface area contributed by atoms with Crippen molar-refractivity contribution in [2.24, 2.45) is 0 Å². The Morgan fingerprint density at radius 2 is 1.62 bits per heavy atom. The van der Waals surface area contributed by atoms with Gasteiger partial charge in [0.2, 0.25) is 0 Å². The number of Topliss-reactive ketones (excluding diaryl/α,β-unsaturated/α-hetero) is 1. The Morgan fingerprint density at radius 1 is 1.08 bits per heavy atom. The number of fused-ring (bicyclic) bond motifs is 1. The van der Waals surface area contributed by atoms with Crippen LogP contribution in [0.1, 0.15) is 36.8 Å². The second kappa shape index (κ2) is 6.20. The largest absolute Gasteiger partial charge is 0.471 e. The van der Waals surface area contributed by atoms with Crippen LogP contribution >= 0.6 is 0 Å². The molecule has 1 aliphatic carbocycles. The molecule has 24 heavy (non-hydrogen) atoms. The molecule has 4 nitrogen and oxygen atoms in total. The van der Waals surface area contributed by atoms with Gasteiger partial charge in [-0.15, -0.1) is 0 Å². The first kappa shape index (κ1) is 17.0. The number of nitrogens with one attached hydrogen (secondary N) is 1. The zero-order valence-electron chi connectivity index (χ0n) is 13.2. The first-order valence-electron chi connectivity index (χ1n) is 8.02. The summed E-state index contributed by atoms with van der Waals surface area (Å²) in [5.41, 5.74) is 0.886. The lowest BCUT2D eigenvalue weighted by atomic mass is 9.91. The Kier molecular flexibility index (Phi) is 4.38. The number of carbonyl (C=O) groups excluding carboxylic acids is 2. The second-order valence-corrected chi connectivity index (χ2v) is 6.58. The van der Waals surface area contributed by atoms with Gasteiger partial charge in [0.15, 0.2) is 5.78 Å². The number of hydrogen-bond donors (Lipinski definition) is 1. The maximum Gasteiger partial charge on any atom is 0.471 e. The van der Waals surface area contributed by atoms with E-state index in [0.717, 1.165) is 11.1 Å². The summed E-state index contributed by atoms with van der Waals surface area (Å²) in [7, 11) is 0. The highest BCUT2D eigenvalue weighted by molar-refractivity contribution is 5.95. The summed E-state index contributed by atoms with van der Waals surface area (Å²) < 4.78 is 37.8. The number of alkyl halides is 3. The minimum atomic E-state index is -4.97. The van der Waals surface area contributed by atoms with Crippen LogP contribution in [0.4, 0.5) is 13.2 Å². The maximum atomic E-state index is 12.7. The third kappa shape index (κ3) is 3.31. The van der Waals surface area contributed by atoms with E-state index in [1.807, 2.05) is 34.5 Å². The number of rotatable bonds is 4. The quantitative estimate of drug-likeness (QED) is 0.916. The van der Waals surface area contributed by atoms with Crippen molar-refractivity contribution < 1.29 is 22.8 Å². The predicted molar refractivity (Wildman–Crippen MR) is 81.0 cm³/mol. The molecule has 0 spiro atoms. The Hall–Kier alpha value is -1.89. The average molecular weight is 340 g/mol. The molecule has 130 valence electrons. The van der Waals surface area contributed by atoms with Gasteiger partial charge in [-0.3, -0.25) is 14.5 Å². The molecule has 7 heteroatoms. The average Bonchev–Trinajstić information content (AvgIpc) is 3.12. The molecule has 1 saturated carbocycles. The number of nitrogens with zero attached hydrogens (tertiary/aromatic N) is 1. The fourth-order valence-corrected chi connectivity index (χ4v) is 3.61. The molecule has 0 atom stereocenters. The molecule has 0 bridgehead atoms. The van der Waals surface area contributed by atoms with E-state index < -0.39 is 17.6 Å². The predicted octanol–water partition coefficient (Wildman–Crippen LogP) is 2.56. The Morgan fingerprint density at radius 3 is 2.12 bits per heavy atom. The van der Waals surface area contributed by atoms with Crippen LogP contribution in [0.5, 0.6) is 0 Å². The van der Waals surface area contributed by atoms with Crippen molar-refractivity contribution in [3.63, 3.8) is 0 Å². The molecule has 1 aromatic carbocycles. The molecule has 0 unspecified atom stereocenters. The number of amides is 1. The normalized spacial score (nSPS) is 20.0. The molecule has 1 heterocycles. The van der Waals surface area contributed by atoms with Gasteiger partial charge in [-0.25, -0.2) is 0 Å². The highest BCUT2D eigenvalue weighted by Gasteiger charge is 2.48. The molecule has 0 aromatic heterocycles. The van der Waals surface area contributed by atoms with Crippen molar-refractivity contribution in [3.05, 3.63) is 35.4 Å². The number of halogens is 3. The summed E-state index contributed by atoms with van der Waals surface area (Å²) in [5.74, 6) is -2.35. The van der Waals surface area contributed by atoms with Crippen LogP contribution in [-0.2, 0) is 22.7 Å². The van der Waals surface area contributed by atoms with Gasteiger partial charge in [-0.05, 0) is 24.0 Å². The highest BCUT2D eigenvalue weighted by atomic mass is 19.4. The molecule has 1 amide bonds. The van der Waals surface area contributed by atoms with Gasteiger partial charge in [0, 0.05) is 13.1 Å². The minimum Gasteiger partial charge on any atom is -0.336 e. The second-order valence-electron chi connectivity index (χ2n) is 6.58. The monoisotopic (exact) mass is 340 g/mol. The van der Waals surface area contributed by atoms with E-state index in [4.69, 9.17) is 0 Å². The summed E-state index contributed by atoms with van der Waals surface area (Å²) in [4.78, 5) is 26.0. The summed E-state index contributed by atoms with van der Waals surface area (Å²) in [6.45, 7) is 1.25. The number of carbonyl (C=O) groups is 2. The lowest BCUT2D eigenvalue weighted by Crippen LogP contribution is -2.58. The summed E-state index contributed by atoms with van der Waals surface area (Å²) >= 11 is 0. The van der Waals surface area contributed by atoms with Gasteiger partial charge in [0.25, 0.3) is 0 Å². The van der Waals surface area contributed by atoms with Crippen LogP contribution in [0, 0.1) is 0 Å². The van der Waals surface area contributed by atoms with E-state index in [-0.39, 0.29) is 25.2 Å². The number of benzene rings is 1. The molecule has 0 saturated heterocycles.